The van der Waals surface area contributed by atoms with E-state index in [9.17, 15) is 0 Å². The van der Waals surface area contributed by atoms with Crippen molar-refractivity contribution in [3.63, 3.8) is 0 Å². The first-order chi connectivity index (χ1) is 9.90. The fourth-order valence-electron chi connectivity index (χ4n) is 3.39. The first-order valence-electron chi connectivity index (χ1n) is 7.83. The lowest BCUT2D eigenvalue weighted by Gasteiger charge is -2.41. The van der Waals surface area contributed by atoms with E-state index in [1.807, 2.05) is 12.1 Å². The van der Waals surface area contributed by atoms with Gasteiger partial charge in [-0.1, -0.05) is 49.2 Å². The van der Waals surface area contributed by atoms with Gasteiger partial charge < -0.3 is 10.6 Å². The van der Waals surface area contributed by atoms with Gasteiger partial charge in [-0.15, -0.1) is 0 Å². The van der Waals surface area contributed by atoms with Gasteiger partial charge in [0.2, 0.25) is 0 Å². The Bertz CT molecular complexity index is 478. The van der Waals surface area contributed by atoms with E-state index in [2.05, 4.69) is 25.7 Å². The van der Waals surface area contributed by atoms with Crippen LogP contribution in [0.25, 0.3) is 0 Å². The maximum atomic E-state index is 6.33. The summed E-state index contributed by atoms with van der Waals surface area (Å²) < 4.78 is 0. The second kappa shape index (κ2) is 7.32. The maximum absolute atomic E-state index is 6.33. The van der Waals surface area contributed by atoms with Crippen molar-refractivity contribution in [2.45, 2.75) is 45.7 Å². The van der Waals surface area contributed by atoms with Crippen molar-refractivity contribution in [3.05, 3.63) is 33.8 Å². The van der Waals surface area contributed by atoms with Gasteiger partial charge in [-0.05, 0) is 43.2 Å². The molecule has 1 aromatic rings. The quantitative estimate of drug-likeness (QED) is 0.864. The molecule has 4 heteroatoms. The third-order valence-electron chi connectivity index (χ3n) is 4.83. The van der Waals surface area contributed by atoms with Crippen molar-refractivity contribution in [1.82, 2.24) is 4.90 Å². The molecule has 21 heavy (non-hydrogen) atoms. The van der Waals surface area contributed by atoms with Crippen LogP contribution in [0.2, 0.25) is 10.0 Å². The molecule has 0 amide bonds. The number of piperidine rings is 1. The van der Waals surface area contributed by atoms with Crippen LogP contribution in [0.15, 0.2) is 18.2 Å². The molecule has 1 fully saturated rings. The van der Waals surface area contributed by atoms with Crippen LogP contribution in [0.4, 0.5) is 0 Å². The Morgan fingerprint density at radius 1 is 1.29 bits per heavy atom. The molecule has 0 aromatic heterocycles. The lowest BCUT2D eigenvalue weighted by atomic mass is 9.85. The van der Waals surface area contributed by atoms with Gasteiger partial charge in [-0.25, -0.2) is 0 Å². The summed E-state index contributed by atoms with van der Waals surface area (Å²) in [6, 6.07) is 6.26. The lowest BCUT2D eigenvalue weighted by Crippen LogP contribution is -2.46. The number of rotatable bonds is 4. The molecule has 1 aliphatic rings. The third-order valence-corrected chi connectivity index (χ3v) is 5.66. The average Bonchev–Trinajstić information content (AvgIpc) is 2.43. The number of halogens is 2. The zero-order valence-corrected chi connectivity index (χ0v) is 14.7. The summed E-state index contributed by atoms with van der Waals surface area (Å²) in [5.41, 5.74) is 7.28. The summed E-state index contributed by atoms with van der Waals surface area (Å²) >= 11 is 12.3. The van der Waals surface area contributed by atoms with Crippen LogP contribution < -0.4 is 5.73 Å². The third kappa shape index (κ3) is 4.13. The second-order valence-electron chi connectivity index (χ2n) is 6.59. The maximum Gasteiger partial charge on any atom is 0.0640 e. The Morgan fingerprint density at radius 2 is 2.00 bits per heavy atom. The van der Waals surface area contributed by atoms with E-state index in [4.69, 9.17) is 28.9 Å². The topological polar surface area (TPSA) is 29.3 Å². The van der Waals surface area contributed by atoms with E-state index in [-0.39, 0.29) is 6.04 Å². The van der Waals surface area contributed by atoms with Gasteiger partial charge in [0.1, 0.15) is 0 Å². The van der Waals surface area contributed by atoms with Crippen molar-refractivity contribution in [1.29, 1.82) is 0 Å². The van der Waals surface area contributed by atoms with E-state index in [0.29, 0.717) is 16.1 Å². The lowest BCUT2D eigenvalue weighted by molar-refractivity contribution is 0.0770. The molecule has 4 unspecified atom stereocenters. The molecule has 0 saturated carbocycles. The fraction of sp³-hybridized carbons (Fsp3) is 0.647. The molecule has 1 aliphatic heterocycles. The van der Waals surface area contributed by atoms with Gasteiger partial charge in [0.25, 0.3) is 0 Å². The van der Waals surface area contributed by atoms with Crippen LogP contribution in [-0.4, -0.2) is 24.0 Å². The first-order valence-corrected chi connectivity index (χ1v) is 8.59. The first kappa shape index (κ1) is 17.1. The molecule has 2 rings (SSSR count). The predicted molar refractivity (Wildman–Crippen MR) is 92.0 cm³/mol. The number of hydrogen-bond donors (Lipinski definition) is 1. The van der Waals surface area contributed by atoms with Crippen molar-refractivity contribution in [3.8, 4) is 0 Å². The number of nitrogens with two attached hydrogens (primary N) is 1. The minimum Gasteiger partial charge on any atom is -0.324 e. The second-order valence-corrected chi connectivity index (χ2v) is 7.38. The Labute approximate surface area is 138 Å². The molecule has 0 spiro atoms. The Hall–Kier alpha value is -0.280. The van der Waals surface area contributed by atoms with Gasteiger partial charge in [0, 0.05) is 25.2 Å². The number of hydrogen-bond acceptors (Lipinski definition) is 2. The van der Waals surface area contributed by atoms with Gasteiger partial charge >= 0.3 is 0 Å². The highest BCUT2D eigenvalue weighted by Gasteiger charge is 2.28. The molecule has 1 heterocycles. The van der Waals surface area contributed by atoms with E-state index in [0.717, 1.165) is 30.4 Å². The van der Waals surface area contributed by atoms with Gasteiger partial charge in [0.05, 0.1) is 10.0 Å². The molecular weight excluding hydrogens is 303 g/mol. The summed E-state index contributed by atoms with van der Waals surface area (Å²) in [5.74, 6) is 1.52. The fourth-order valence-corrected chi connectivity index (χ4v) is 3.84. The molecule has 0 radical (unpaired) electrons. The summed E-state index contributed by atoms with van der Waals surface area (Å²) in [6.45, 7) is 9.19. The van der Waals surface area contributed by atoms with Crippen LogP contribution in [0, 0.1) is 11.8 Å². The zero-order valence-electron chi connectivity index (χ0n) is 13.2. The summed E-state index contributed by atoms with van der Waals surface area (Å²) in [6.07, 6.45) is 2.23. The number of benzene rings is 1. The Kier molecular flexibility index (Phi) is 5.96. The van der Waals surface area contributed by atoms with E-state index in [1.165, 1.54) is 13.0 Å². The molecule has 0 aliphatic carbocycles. The van der Waals surface area contributed by atoms with Gasteiger partial charge in [-0.3, -0.25) is 0 Å². The summed E-state index contributed by atoms with van der Waals surface area (Å²) in [4.78, 5) is 2.57. The van der Waals surface area contributed by atoms with E-state index in [1.54, 1.807) is 6.07 Å². The molecule has 118 valence electrons. The summed E-state index contributed by atoms with van der Waals surface area (Å²) in [7, 11) is 0. The highest BCUT2D eigenvalue weighted by molar-refractivity contribution is 6.42. The number of nitrogens with zero attached hydrogens (tertiary/aromatic N) is 1. The monoisotopic (exact) mass is 328 g/mol. The molecule has 0 bridgehead atoms. The van der Waals surface area contributed by atoms with Crippen LogP contribution in [-0.2, 0) is 0 Å². The molecular formula is C17H26Cl2N2. The smallest absolute Gasteiger partial charge is 0.0640 e. The van der Waals surface area contributed by atoms with Gasteiger partial charge in [-0.2, -0.15) is 0 Å². The minimum atomic E-state index is -0.0593. The van der Waals surface area contributed by atoms with E-state index < -0.39 is 0 Å². The molecule has 1 saturated heterocycles. The van der Waals surface area contributed by atoms with Crippen LogP contribution in [0.3, 0.4) is 0 Å². The molecule has 2 nitrogen and oxygen atoms in total. The van der Waals surface area contributed by atoms with E-state index >= 15 is 0 Å². The van der Waals surface area contributed by atoms with Crippen LogP contribution >= 0.6 is 23.2 Å². The van der Waals surface area contributed by atoms with Gasteiger partial charge in [0.15, 0.2) is 0 Å². The highest BCUT2D eigenvalue weighted by atomic mass is 35.5. The zero-order chi connectivity index (χ0) is 15.6. The van der Waals surface area contributed by atoms with Crippen LogP contribution in [0.5, 0.6) is 0 Å². The standard InChI is InChI=1S/C17H26Cl2N2/c1-11-9-12(2)13(3)21(10-11)8-7-16(20)14-5-4-6-15(18)17(14)19/h4-6,11-13,16H,7-10,20H2,1-3H3. The van der Waals surface area contributed by atoms with Crippen molar-refractivity contribution in [2.24, 2.45) is 17.6 Å². The normalized spacial score (nSPS) is 28.6. The van der Waals surface area contributed by atoms with Crippen LogP contribution in [0.1, 0.15) is 45.2 Å². The van der Waals surface area contributed by atoms with Crippen molar-refractivity contribution < 1.29 is 0 Å². The predicted octanol–water partition coefficient (Wildman–Crippen LogP) is 4.75. The minimum absolute atomic E-state index is 0.0593. The highest BCUT2D eigenvalue weighted by Crippen LogP contribution is 2.31. The van der Waals surface area contributed by atoms with Crippen molar-refractivity contribution >= 4 is 23.2 Å². The molecule has 1 aromatic carbocycles. The molecule has 4 atom stereocenters. The molecule has 2 N–H and O–H groups in total. The van der Waals surface area contributed by atoms with Crippen molar-refractivity contribution in [2.75, 3.05) is 13.1 Å². The Balaban J connectivity index is 1.97. The Morgan fingerprint density at radius 3 is 2.71 bits per heavy atom. The summed E-state index contributed by atoms with van der Waals surface area (Å²) in [5, 5.41) is 1.18. The SMILES string of the molecule is CC1CC(C)C(C)N(CCC(N)c2cccc(Cl)c2Cl)C1. The largest absolute Gasteiger partial charge is 0.324 e. The average molecular weight is 329 g/mol. The number of likely N-dealkylation sites (tertiary alicyclic amines) is 1.